The van der Waals surface area contributed by atoms with Gasteiger partial charge >= 0.3 is 0 Å². The van der Waals surface area contributed by atoms with Gasteiger partial charge in [-0.05, 0) is 24.2 Å². The van der Waals surface area contributed by atoms with Crippen molar-refractivity contribution in [3.63, 3.8) is 0 Å². The van der Waals surface area contributed by atoms with Crippen LogP contribution in [0.3, 0.4) is 0 Å². The molecule has 1 fully saturated rings. The molecule has 0 aliphatic heterocycles. The largest absolute Gasteiger partial charge is 0.389 e. The van der Waals surface area contributed by atoms with Crippen molar-refractivity contribution >= 4 is 0 Å². The van der Waals surface area contributed by atoms with E-state index in [0.29, 0.717) is 5.92 Å². The topological polar surface area (TPSA) is 20.2 Å². The zero-order chi connectivity index (χ0) is 8.70. The highest BCUT2D eigenvalue weighted by molar-refractivity contribution is 5.09. The molecule has 0 aromatic carbocycles. The summed E-state index contributed by atoms with van der Waals surface area (Å²) >= 11 is 0. The highest BCUT2D eigenvalue weighted by Gasteiger charge is 2.58. The van der Waals surface area contributed by atoms with Crippen molar-refractivity contribution in [2.75, 3.05) is 0 Å². The second kappa shape index (κ2) is 2.48. The van der Waals surface area contributed by atoms with Gasteiger partial charge in [0, 0.05) is 0 Å². The number of aliphatic hydroxyl groups is 1. The Labute approximate surface area is 69.8 Å². The molecule has 0 heterocycles. The van der Waals surface area contributed by atoms with Gasteiger partial charge in [0.25, 0.3) is 0 Å². The molecule has 11 heavy (non-hydrogen) atoms. The molecule has 0 aromatic rings. The summed E-state index contributed by atoms with van der Waals surface area (Å²) in [5, 5.41) is 10.1. The molecule has 0 bridgehead atoms. The molecule has 0 spiro atoms. The van der Waals surface area contributed by atoms with Crippen LogP contribution in [0.15, 0.2) is 0 Å². The van der Waals surface area contributed by atoms with E-state index in [0.717, 1.165) is 6.42 Å². The van der Waals surface area contributed by atoms with E-state index in [9.17, 15) is 5.11 Å². The molecule has 66 valence electrons. The minimum atomic E-state index is -0.344. The van der Waals surface area contributed by atoms with Crippen molar-refractivity contribution in [1.29, 1.82) is 0 Å². The Balaban J connectivity index is 2.49. The molecule has 2 atom stereocenters. The van der Waals surface area contributed by atoms with Crippen molar-refractivity contribution < 1.29 is 5.11 Å². The molecule has 0 saturated heterocycles. The summed E-state index contributed by atoms with van der Waals surface area (Å²) in [6.45, 7) is 8.56. The van der Waals surface area contributed by atoms with Crippen molar-refractivity contribution in [2.24, 2.45) is 11.3 Å². The maximum absolute atomic E-state index is 10.1. The standard InChI is InChI=1S/C10H20O/c1-5-6-8-7-10(8,11)9(2,3)4/h8,11H,5-7H2,1-4H3/t8-,10+/m0/s1. The van der Waals surface area contributed by atoms with Gasteiger partial charge in [-0.1, -0.05) is 34.1 Å². The van der Waals surface area contributed by atoms with Crippen LogP contribution in [-0.4, -0.2) is 10.7 Å². The van der Waals surface area contributed by atoms with Gasteiger partial charge < -0.3 is 5.11 Å². The van der Waals surface area contributed by atoms with Crippen LogP contribution in [-0.2, 0) is 0 Å². The van der Waals surface area contributed by atoms with Crippen LogP contribution in [0.25, 0.3) is 0 Å². The first-order valence-electron chi connectivity index (χ1n) is 4.64. The fourth-order valence-corrected chi connectivity index (χ4v) is 1.92. The lowest BCUT2D eigenvalue weighted by molar-refractivity contribution is 0.0204. The fourth-order valence-electron chi connectivity index (χ4n) is 1.92. The van der Waals surface area contributed by atoms with E-state index < -0.39 is 0 Å². The number of hydrogen-bond donors (Lipinski definition) is 1. The predicted octanol–water partition coefficient (Wildman–Crippen LogP) is 2.58. The van der Waals surface area contributed by atoms with Crippen LogP contribution in [0.1, 0.15) is 47.0 Å². The molecule has 1 aliphatic rings. The van der Waals surface area contributed by atoms with Crippen LogP contribution < -0.4 is 0 Å². The van der Waals surface area contributed by atoms with E-state index in [1.165, 1.54) is 12.8 Å². The maximum atomic E-state index is 10.1. The summed E-state index contributed by atoms with van der Waals surface area (Å²) in [4.78, 5) is 0. The molecule has 0 radical (unpaired) electrons. The van der Waals surface area contributed by atoms with Gasteiger partial charge in [0.1, 0.15) is 0 Å². The van der Waals surface area contributed by atoms with Crippen LogP contribution in [0, 0.1) is 11.3 Å². The van der Waals surface area contributed by atoms with E-state index in [-0.39, 0.29) is 11.0 Å². The Bertz CT molecular complexity index is 145. The van der Waals surface area contributed by atoms with Crippen molar-refractivity contribution in [3.8, 4) is 0 Å². The van der Waals surface area contributed by atoms with Gasteiger partial charge in [0.15, 0.2) is 0 Å². The average Bonchev–Trinajstić information content (AvgIpc) is 2.43. The van der Waals surface area contributed by atoms with Crippen LogP contribution in [0.2, 0.25) is 0 Å². The highest BCUT2D eigenvalue weighted by Crippen LogP contribution is 2.56. The lowest BCUT2D eigenvalue weighted by Gasteiger charge is -2.27. The first-order valence-corrected chi connectivity index (χ1v) is 4.64. The Morgan fingerprint density at radius 3 is 2.27 bits per heavy atom. The quantitative estimate of drug-likeness (QED) is 0.651. The Morgan fingerprint density at radius 1 is 1.45 bits per heavy atom. The van der Waals surface area contributed by atoms with E-state index in [2.05, 4.69) is 27.7 Å². The summed E-state index contributed by atoms with van der Waals surface area (Å²) in [6, 6.07) is 0. The molecular formula is C10H20O. The van der Waals surface area contributed by atoms with Gasteiger partial charge in [-0.2, -0.15) is 0 Å². The molecule has 1 rings (SSSR count). The molecule has 0 amide bonds. The fraction of sp³-hybridized carbons (Fsp3) is 1.00. The molecule has 1 nitrogen and oxygen atoms in total. The highest BCUT2D eigenvalue weighted by atomic mass is 16.3. The molecular weight excluding hydrogens is 136 g/mol. The van der Waals surface area contributed by atoms with Crippen LogP contribution in [0.5, 0.6) is 0 Å². The normalized spacial score (nSPS) is 37.4. The van der Waals surface area contributed by atoms with E-state index in [1.807, 2.05) is 0 Å². The minimum Gasteiger partial charge on any atom is -0.389 e. The Hall–Kier alpha value is -0.0400. The second-order valence-electron chi connectivity index (χ2n) is 4.86. The molecule has 1 N–H and O–H groups in total. The molecule has 1 saturated carbocycles. The van der Waals surface area contributed by atoms with Crippen LogP contribution >= 0.6 is 0 Å². The van der Waals surface area contributed by atoms with E-state index >= 15 is 0 Å². The monoisotopic (exact) mass is 156 g/mol. The molecule has 0 aromatic heterocycles. The molecule has 1 aliphatic carbocycles. The van der Waals surface area contributed by atoms with E-state index in [1.54, 1.807) is 0 Å². The van der Waals surface area contributed by atoms with Crippen molar-refractivity contribution in [3.05, 3.63) is 0 Å². The van der Waals surface area contributed by atoms with Crippen molar-refractivity contribution in [1.82, 2.24) is 0 Å². The lowest BCUT2D eigenvalue weighted by Crippen LogP contribution is -2.30. The number of rotatable bonds is 2. The summed E-state index contributed by atoms with van der Waals surface area (Å²) in [5.74, 6) is 0.576. The average molecular weight is 156 g/mol. The summed E-state index contributed by atoms with van der Waals surface area (Å²) in [7, 11) is 0. The third-order valence-corrected chi connectivity index (χ3v) is 3.01. The lowest BCUT2D eigenvalue weighted by atomic mass is 9.84. The zero-order valence-electron chi connectivity index (χ0n) is 8.15. The SMILES string of the molecule is CCC[C@H]1C[C@]1(O)C(C)(C)C. The first-order chi connectivity index (χ1) is 4.92. The van der Waals surface area contributed by atoms with Gasteiger partial charge in [-0.15, -0.1) is 0 Å². The third-order valence-electron chi connectivity index (χ3n) is 3.01. The maximum Gasteiger partial charge on any atom is 0.0728 e. The second-order valence-corrected chi connectivity index (χ2v) is 4.86. The Morgan fingerprint density at radius 2 is 2.00 bits per heavy atom. The summed E-state index contributed by atoms with van der Waals surface area (Å²) in [5.41, 5.74) is -0.268. The minimum absolute atomic E-state index is 0.0762. The zero-order valence-corrected chi connectivity index (χ0v) is 8.15. The van der Waals surface area contributed by atoms with Gasteiger partial charge in [-0.25, -0.2) is 0 Å². The van der Waals surface area contributed by atoms with Gasteiger partial charge in [0.05, 0.1) is 5.60 Å². The molecule has 0 unspecified atom stereocenters. The third kappa shape index (κ3) is 1.44. The van der Waals surface area contributed by atoms with Gasteiger partial charge in [0.2, 0.25) is 0 Å². The van der Waals surface area contributed by atoms with Crippen LogP contribution in [0.4, 0.5) is 0 Å². The predicted molar refractivity (Wildman–Crippen MR) is 47.4 cm³/mol. The summed E-state index contributed by atoms with van der Waals surface area (Å²) < 4.78 is 0. The van der Waals surface area contributed by atoms with Crippen molar-refractivity contribution in [2.45, 2.75) is 52.6 Å². The smallest absolute Gasteiger partial charge is 0.0728 e. The molecule has 1 heteroatoms. The Kier molecular flexibility index (Phi) is 2.04. The first kappa shape index (κ1) is 9.05. The van der Waals surface area contributed by atoms with Gasteiger partial charge in [-0.3, -0.25) is 0 Å². The number of hydrogen-bond acceptors (Lipinski definition) is 1. The van der Waals surface area contributed by atoms with E-state index in [4.69, 9.17) is 0 Å². The summed E-state index contributed by atoms with van der Waals surface area (Å²) in [6.07, 6.45) is 3.40.